The van der Waals surface area contributed by atoms with Crippen LogP contribution in [0.5, 0.6) is 0 Å². The minimum absolute atomic E-state index is 0.117. The van der Waals surface area contributed by atoms with Gasteiger partial charge in [0.05, 0.1) is 10.4 Å². The van der Waals surface area contributed by atoms with Gasteiger partial charge >= 0.3 is 0 Å². The Hall–Kier alpha value is -0.390. The van der Waals surface area contributed by atoms with Crippen LogP contribution in [0.25, 0.3) is 11.4 Å². The van der Waals surface area contributed by atoms with Crippen molar-refractivity contribution in [2.75, 3.05) is 0 Å². The van der Waals surface area contributed by atoms with Crippen molar-refractivity contribution in [3.63, 3.8) is 0 Å². The van der Waals surface area contributed by atoms with Gasteiger partial charge in [-0.05, 0) is 48.8 Å². The van der Waals surface area contributed by atoms with E-state index in [-0.39, 0.29) is 5.54 Å². The molecule has 2 aromatic rings. The van der Waals surface area contributed by atoms with E-state index in [0.29, 0.717) is 10.4 Å². The molecule has 0 unspecified atom stereocenters. The number of halogens is 3. The molecule has 0 fully saturated rings. The van der Waals surface area contributed by atoms with Gasteiger partial charge in [-0.25, -0.2) is 0 Å². The quantitative estimate of drug-likeness (QED) is 0.655. The predicted molar refractivity (Wildman–Crippen MR) is 85.8 cm³/mol. The molecule has 0 aliphatic heterocycles. The Morgan fingerprint density at radius 1 is 1.26 bits per heavy atom. The molecule has 0 N–H and O–H groups in total. The molecule has 0 spiro atoms. The number of alkyl halides is 1. The second-order valence-corrected chi connectivity index (χ2v) is 6.97. The smallest absolute Gasteiger partial charge is 0.166 e. The van der Waals surface area contributed by atoms with E-state index >= 15 is 0 Å². The molecule has 6 heteroatoms. The van der Waals surface area contributed by atoms with E-state index in [1.54, 1.807) is 0 Å². The summed E-state index contributed by atoms with van der Waals surface area (Å²) in [5.41, 5.74) is 0.763. The maximum atomic E-state index is 6.36. The number of hydrogen-bond donors (Lipinski definition) is 0. The molecule has 0 radical (unpaired) electrons. The van der Waals surface area contributed by atoms with Gasteiger partial charge in [-0.1, -0.05) is 33.6 Å². The minimum atomic E-state index is -0.117. The van der Waals surface area contributed by atoms with E-state index in [1.165, 1.54) is 0 Å². The zero-order valence-electron chi connectivity index (χ0n) is 10.9. The van der Waals surface area contributed by atoms with Crippen molar-refractivity contribution in [1.82, 2.24) is 14.8 Å². The van der Waals surface area contributed by atoms with Crippen LogP contribution < -0.4 is 0 Å². The third-order valence-electron chi connectivity index (χ3n) is 2.71. The lowest BCUT2D eigenvalue weighted by molar-refractivity contribution is 0.391. The summed E-state index contributed by atoms with van der Waals surface area (Å²) in [6, 6.07) is 5.81. The number of aromatic nitrogens is 3. The normalized spacial score (nSPS) is 11.9. The first-order valence-corrected chi connectivity index (χ1v) is 8.10. The van der Waals surface area contributed by atoms with Gasteiger partial charge in [-0.15, -0.1) is 10.2 Å². The van der Waals surface area contributed by atoms with Crippen molar-refractivity contribution in [3.05, 3.63) is 33.5 Å². The zero-order chi connectivity index (χ0) is 14.2. The molecule has 1 aromatic carbocycles. The fourth-order valence-corrected chi connectivity index (χ4v) is 2.90. The fraction of sp³-hybridized carbons (Fsp3) is 0.385. The van der Waals surface area contributed by atoms with Gasteiger partial charge in [0.2, 0.25) is 0 Å². The SMILES string of the molecule is CC(C)(C)n1c(CBr)nnc1-c1cccc(Br)c1Cl. The lowest BCUT2D eigenvalue weighted by Gasteiger charge is -2.25. The molecule has 0 atom stereocenters. The molecular weight excluding hydrogens is 393 g/mol. The summed E-state index contributed by atoms with van der Waals surface area (Å²) in [5.74, 6) is 1.67. The molecule has 2 rings (SSSR count). The number of nitrogens with zero attached hydrogens (tertiary/aromatic N) is 3. The molecule has 102 valence electrons. The lowest BCUT2D eigenvalue weighted by atomic mass is 10.1. The average molecular weight is 408 g/mol. The summed E-state index contributed by atoms with van der Waals surface area (Å²) in [6.45, 7) is 6.37. The second-order valence-electron chi connectivity index (χ2n) is 5.18. The Balaban J connectivity index is 2.70. The van der Waals surface area contributed by atoms with Crippen molar-refractivity contribution < 1.29 is 0 Å². The van der Waals surface area contributed by atoms with Gasteiger partial charge in [0.25, 0.3) is 0 Å². The fourth-order valence-electron chi connectivity index (χ4n) is 1.96. The summed E-state index contributed by atoms with van der Waals surface area (Å²) in [4.78, 5) is 0. The summed E-state index contributed by atoms with van der Waals surface area (Å²) in [6.07, 6.45) is 0. The molecule has 19 heavy (non-hydrogen) atoms. The van der Waals surface area contributed by atoms with Crippen molar-refractivity contribution in [1.29, 1.82) is 0 Å². The van der Waals surface area contributed by atoms with Crippen LogP contribution in [0.1, 0.15) is 26.6 Å². The summed E-state index contributed by atoms with van der Waals surface area (Å²) < 4.78 is 2.96. The molecule has 0 saturated heterocycles. The van der Waals surface area contributed by atoms with Crippen molar-refractivity contribution in [3.8, 4) is 11.4 Å². The van der Waals surface area contributed by atoms with E-state index in [1.807, 2.05) is 18.2 Å². The molecule has 3 nitrogen and oxygen atoms in total. The Morgan fingerprint density at radius 3 is 2.53 bits per heavy atom. The first-order chi connectivity index (χ1) is 8.86. The van der Waals surface area contributed by atoms with E-state index < -0.39 is 0 Å². The largest absolute Gasteiger partial charge is 0.305 e. The molecule has 0 bridgehead atoms. The first kappa shape index (κ1) is 15.0. The molecule has 0 aliphatic rings. The van der Waals surface area contributed by atoms with Gasteiger partial charge in [0.15, 0.2) is 5.82 Å². The zero-order valence-corrected chi connectivity index (χ0v) is 14.8. The van der Waals surface area contributed by atoms with Gasteiger partial charge in [-0.3, -0.25) is 0 Å². The van der Waals surface area contributed by atoms with Gasteiger partial charge in [0, 0.05) is 15.6 Å². The van der Waals surface area contributed by atoms with Gasteiger partial charge in [0.1, 0.15) is 5.82 Å². The third-order valence-corrected chi connectivity index (χ3v) is 4.51. The average Bonchev–Trinajstić information content (AvgIpc) is 2.76. The number of hydrogen-bond acceptors (Lipinski definition) is 2. The van der Waals surface area contributed by atoms with Crippen LogP contribution in [-0.4, -0.2) is 14.8 Å². The van der Waals surface area contributed by atoms with Crippen LogP contribution in [0.4, 0.5) is 0 Å². The summed E-state index contributed by atoms with van der Waals surface area (Å²) in [7, 11) is 0. The van der Waals surface area contributed by atoms with Crippen LogP contribution in [0, 0.1) is 0 Å². The predicted octanol–water partition coefficient (Wildman–Crippen LogP) is 5.01. The Labute approximate surface area is 134 Å². The Bertz CT molecular complexity index is 602. The highest BCUT2D eigenvalue weighted by Gasteiger charge is 2.24. The van der Waals surface area contributed by atoms with E-state index in [4.69, 9.17) is 11.6 Å². The van der Waals surface area contributed by atoms with Crippen LogP contribution in [0.15, 0.2) is 22.7 Å². The summed E-state index contributed by atoms with van der Waals surface area (Å²) in [5, 5.41) is 9.85. The topological polar surface area (TPSA) is 30.7 Å². The maximum Gasteiger partial charge on any atom is 0.166 e. The Kier molecular flexibility index (Phi) is 4.38. The van der Waals surface area contributed by atoms with Crippen molar-refractivity contribution in [2.45, 2.75) is 31.6 Å². The van der Waals surface area contributed by atoms with Crippen LogP contribution in [-0.2, 0) is 10.9 Å². The number of rotatable bonds is 2. The maximum absolute atomic E-state index is 6.36. The highest BCUT2D eigenvalue weighted by atomic mass is 79.9. The van der Waals surface area contributed by atoms with Crippen molar-refractivity contribution in [2.24, 2.45) is 0 Å². The van der Waals surface area contributed by atoms with E-state index in [9.17, 15) is 0 Å². The van der Waals surface area contributed by atoms with Crippen molar-refractivity contribution >= 4 is 43.5 Å². The lowest BCUT2D eigenvalue weighted by Crippen LogP contribution is -2.24. The Morgan fingerprint density at radius 2 is 1.95 bits per heavy atom. The molecule has 0 amide bonds. The standard InChI is InChI=1S/C13H14Br2ClN3/c1-13(2,3)19-10(7-14)17-18-12(19)8-5-4-6-9(15)11(8)16/h4-6H,7H2,1-3H3. The molecular formula is C13H14Br2ClN3. The monoisotopic (exact) mass is 405 g/mol. The highest BCUT2D eigenvalue weighted by Crippen LogP contribution is 2.35. The van der Waals surface area contributed by atoms with Gasteiger partial charge in [-0.2, -0.15) is 0 Å². The molecule has 1 heterocycles. The molecule has 0 aliphatic carbocycles. The molecule has 1 aromatic heterocycles. The van der Waals surface area contributed by atoms with Crippen LogP contribution >= 0.6 is 43.5 Å². The van der Waals surface area contributed by atoms with Crippen LogP contribution in [0.2, 0.25) is 5.02 Å². The van der Waals surface area contributed by atoms with E-state index in [0.717, 1.165) is 21.7 Å². The van der Waals surface area contributed by atoms with Crippen LogP contribution in [0.3, 0.4) is 0 Å². The van der Waals surface area contributed by atoms with Gasteiger partial charge < -0.3 is 4.57 Å². The minimum Gasteiger partial charge on any atom is -0.305 e. The summed E-state index contributed by atoms with van der Waals surface area (Å²) >= 11 is 13.3. The highest BCUT2D eigenvalue weighted by molar-refractivity contribution is 9.10. The third kappa shape index (κ3) is 2.88. The number of benzene rings is 1. The molecule has 0 saturated carbocycles. The first-order valence-electron chi connectivity index (χ1n) is 5.81. The van der Waals surface area contributed by atoms with E-state index in [2.05, 4.69) is 67.4 Å². The second kappa shape index (κ2) is 5.54.